The van der Waals surface area contributed by atoms with Crippen LogP contribution in [0.2, 0.25) is 0 Å². The largest absolute Gasteiger partial charge is 0.490 e. The minimum atomic E-state index is -5.08. The van der Waals surface area contributed by atoms with Gasteiger partial charge in [-0.1, -0.05) is 0 Å². The Hall–Kier alpha value is -3.50. The fraction of sp³-hybridized carbons (Fsp3) is 0.545. The Labute approximate surface area is 216 Å². The fourth-order valence-corrected chi connectivity index (χ4v) is 4.19. The van der Waals surface area contributed by atoms with Gasteiger partial charge < -0.3 is 15.1 Å². The van der Waals surface area contributed by atoms with Crippen molar-refractivity contribution in [2.75, 3.05) is 31.1 Å². The van der Waals surface area contributed by atoms with Crippen molar-refractivity contribution in [3.8, 4) is 0 Å². The SMILES string of the molecule is Cn1cc(CN2CCC(F)(F)C3(CCN(c4cccnc4)C3)C2)cn1.O=C(O)C(F)(F)F.O=C(O)C(F)(F)F. The van der Waals surface area contributed by atoms with Gasteiger partial charge in [0.15, 0.2) is 0 Å². The van der Waals surface area contributed by atoms with Crippen molar-refractivity contribution in [1.82, 2.24) is 19.7 Å². The maximum Gasteiger partial charge on any atom is 0.490 e. The van der Waals surface area contributed by atoms with E-state index in [0.29, 0.717) is 39.1 Å². The highest BCUT2D eigenvalue weighted by molar-refractivity contribution is 5.73. The lowest BCUT2D eigenvalue weighted by Gasteiger charge is -2.46. The second kappa shape index (κ2) is 12.1. The number of aliphatic carboxylic acids is 2. The molecule has 2 fully saturated rings. The molecular weight excluding hydrogens is 550 g/mol. The van der Waals surface area contributed by atoms with Crippen molar-refractivity contribution in [2.24, 2.45) is 12.5 Å². The van der Waals surface area contributed by atoms with Crippen LogP contribution >= 0.6 is 0 Å². The first kappa shape index (κ1) is 31.7. The number of likely N-dealkylation sites (tertiary alicyclic amines) is 1. The Balaban J connectivity index is 0.000000317. The maximum absolute atomic E-state index is 14.9. The molecule has 0 bridgehead atoms. The van der Waals surface area contributed by atoms with E-state index < -0.39 is 35.6 Å². The van der Waals surface area contributed by atoms with Crippen LogP contribution in [0.3, 0.4) is 0 Å². The van der Waals surface area contributed by atoms with Gasteiger partial charge in [0.05, 0.1) is 23.5 Å². The molecule has 4 rings (SSSR count). The standard InChI is InChI=1S/C18H23F2N5.2C2HF3O2/c1-23-11-15(9-22-23)12-24-7-5-18(19,20)17(13-24)4-8-25(14-17)16-3-2-6-21-10-16;2*3-2(4,5)1(6)7/h2-3,6,9-11H,4-5,7-8,12-14H2,1H3;2*(H,6,7). The van der Waals surface area contributed by atoms with Crippen LogP contribution in [0.1, 0.15) is 18.4 Å². The number of aromatic nitrogens is 3. The molecule has 1 unspecified atom stereocenters. The first-order chi connectivity index (χ1) is 17.9. The van der Waals surface area contributed by atoms with Gasteiger partial charge in [-0.15, -0.1) is 0 Å². The smallest absolute Gasteiger partial charge is 0.475 e. The molecule has 0 saturated carbocycles. The van der Waals surface area contributed by atoms with Crippen LogP contribution in [0.25, 0.3) is 0 Å². The van der Waals surface area contributed by atoms with Crippen molar-refractivity contribution in [1.29, 1.82) is 0 Å². The number of halogens is 8. The number of aryl methyl sites for hydroxylation is 1. The van der Waals surface area contributed by atoms with Crippen LogP contribution in [0.15, 0.2) is 36.9 Å². The summed E-state index contributed by atoms with van der Waals surface area (Å²) in [7, 11) is 1.87. The second-order valence-corrected chi connectivity index (χ2v) is 8.96. The van der Waals surface area contributed by atoms with E-state index in [1.54, 1.807) is 17.1 Å². The van der Waals surface area contributed by atoms with Gasteiger partial charge in [0, 0.05) is 64.1 Å². The van der Waals surface area contributed by atoms with E-state index in [-0.39, 0.29) is 6.42 Å². The van der Waals surface area contributed by atoms with Gasteiger partial charge in [-0.3, -0.25) is 14.6 Å². The molecule has 2 aromatic heterocycles. The number of carboxylic acids is 2. The number of rotatable bonds is 3. The van der Waals surface area contributed by atoms with Crippen LogP contribution in [-0.2, 0) is 23.2 Å². The van der Waals surface area contributed by atoms with Gasteiger partial charge in [0.2, 0.25) is 0 Å². The number of alkyl halides is 8. The normalized spacial score (nSPS) is 21.0. The molecule has 0 amide bonds. The van der Waals surface area contributed by atoms with Gasteiger partial charge in [0.1, 0.15) is 0 Å². The average molecular weight is 575 g/mol. The molecule has 0 radical (unpaired) electrons. The fourth-order valence-electron chi connectivity index (χ4n) is 4.19. The number of carboxylic acid groups (broad SMARTS) is 2. The predicted molar refractivity (Wildman–Crippen MR) is 119 cm³/mol. The Kier molecular flexibility index (Phi) is 9.86. The van der Waals surface area contributed by atoms with E-state index in [1.807, 2.05) is 31.6 Å². The minimum Gasteiger partial charge on any atom is -0.475 e. The zero-order chi connectivity index (χ0) is 29.6. The minimum absolute atomic E-state index is 0.0753. The molecule has 0 aliphatic carbocycles. The lowest BCUT2D eigenvalue weighted by Crippen LogP contribution is -2.56. The van der Waals surface area contributed by atoms with Crippen LogP contribution in [0.5, 0.6) is 0 Å². The predicted octanol–water partition coefficient (Wildman–Crippen LogP) is 3.82. The monoisotopic (exact) mass is 575 g/mol. The Morgan fingerprint density at radius 1 is 0.974 bits per heavy atom. The molecule has 2 aromatic rings. The van der Waals surface area contributed by atoms with Crippen LogP contribution in [0.4, 0.5) is 40.8 Å². The topological polar surface area (TPSA) is 112 Å². The zero-order valence-electron chi connectivity index (χ0n) is 20.4. The summed E-state index contributed by atoms with van der Waals surface area (Å²) in [4.78, 5) is 26.1. The van der Waals surface area contributed by atoms with Crippen LogP contribution < -0.4 is 4.90 Å². The maximum atomic E-state index is 14.9. The number of nitrogens with zero attached hydrogens (tertiary/aromatic N) is 5. The van der Waals surface area contributed by atoms with Crippen molar-refractivity contribution in [3.05, 3.63) is 42.5 Å². The highest BCUT2D eigenvalue weighted by Crippen LogP contribution is 2.50. The molecular formula is C22H25F8N5O4. The molecule has 218 valence electrons. The van der Waals surface area contributed by atoms with Crippen molar-refractivity contribution in [3.63, 3.8) is 0 Å². The summed E-state index contributed by atoms with van der Waals surface area (Å²) in [6, 6.07) is 3.80. The van der Waals surface area contributed by atoms with Crippen molar-refractivity contribution < 1.29 is 54.9 Å². The van der Waals surface area contributed by atoms with Gasteiger partial charge >= 0.3 is 24.3 Å². The van der Waals surface area contributed by atoms with E-state index in [2.05, 4.69) is 19.9 Å². The zero-order valence-corrected chi connectivity index (χ0v) is 20.4. The molecule has 17 heteroatoms. The molecule has 2 saturated heterocycles. The highest BCUT2D eigenvalue weighted by atomic mass is 19.4. The van der Waals surface area contributed by atoms with Crippen molar-refractivity contribution in [2.45, 2.75) is 37.7 Å². The molecule has 9 nitrogen and oxygen atoms in total. The first-order valence-electron chi connectivity index (χ1n) is 11.2. The molecule has 4 heterocycles. The second-order valence-electron chi connectivity index (χ2n) is 8.96. The van der Waals surface area contributed by atoms with Gasteiger partial charge in [-0.05, 0) is 18.6 Å². The number of pyridine rings is 1. The number of hydrogen-bond acceptors (Lipinski definition) is 6. The number of anilines is 1. The number of piperidine rings is 1. The Morgan fingerprint density at radius 3 is 2.03 bits per heavy atom. The first-order valence-corrected chi connectivity index (χ1v) is 11.2. The summed E-state index contributed by atoms with van der Waals surface area (Å²) in [5.74, 6) is -8.14. The number of carbonyl (C=O) groups is 2. The lowest BCUT2D eigenvalue weighted by molar-refractivity contribution is -0.193. The Bertz CT molecular complexity index is 1090. The third kappa shape index (κ3) is 8.76. The molecule has 2 aliphatic rings. The Morgan fingerprint density at radius 2 is 1.56 bits per heavy atom. The quantitative estimate of drug-likeness (QED) is 0.532. The summed E-state index contributed by atoms with van der Waals surface area (Å²) in [6.07, 6.45) is -2.49. The van der Waals surface area contributed by atoms with Crippen LogP contribution in [0, 0.1) is 5.41 Å². The third-order valence-electron chi connectivity index (χ3n) is 6.06. The van der Waals surface area contributed by atoms with E-state index in [1.165, 1.54) is 0 Å². The molecule has 2 N–H and O–H groups in total. The summed E-state index contributed by atoms with van der Waals surface area (Å²) in [5.41, 5.74) is 1.02. The molecule has 1 atom stereocenters. The van der Waals surface area contributed by atoms with Gasteiger partial charge in [-0.2, -0.15) is 31.4 Å². The van der Waals surface area contributed by atoms with E-state index in [0.717, 1.165) is 11.3 Å². The van der Waals surface area contributed by atoms with Gasteiger partial charge in [-0.25, -0.2) is 18.4 Å². The van der Waals surface area contributed by atoms with E-state index >= 15 is 0 Å². The molecule has 0 aromatic carbocycles. The van der Waals surface area contributed by atoms with Gasteiger partial charge in [0.25, 0.3) is 5.92 Å². The molecule has 39 heavy (non-hydrogen) atoms. The van der Waals surface area contributed by atoms with Crippen molar-refractivity contribution >= 4 is 17.6 Å². The average Bonchev–Trinajstić information content (AvgIpc) is 3.44. The summed E-state index contributed by atoms with van der Waals surface area (Å²) >= 11 is 0. The molecule has 1 spiro atoms. The summed E-state index contributed by atoms with van der Waals surface area (Å²) in [5, 5.41) is 18.4. The van der Waals surface area contributed by atoms with E-state index in [9.17, 15) is 35.1 Å². The molecule has 2 aliphatic heterocycles. The highest BCUT2D eigenvalue weighted by Gasteiger charge is 2.59. The van der Waals surface area contributed by atoms with Crippen LogP contribution in [-0.4, -0.2) is 86.3 Å². The third-order valence-corrected chi connectivity index (χ3v) is 6.06. The van der Waals surface area contributed by atoms with E-state index in [4.69, 9.17) is 19.8 Å². The number of hydrogen-bond donors (Lipinski definition) is 2. The summed E-state index contributed by atoms with van der Waals surface area (Å²) < 4.78 is 95.0. The summed E-state index contributed by atoms with van der Waals surface area (Å²) in [6.45, 7) is 2.57. The lowest BCUT2D eigenvalue weighted by atomic mass is 9.75.